The molecule has 0 aliphatic carbocycles. The van der Waals surface area contributed by atoms with Gasteiger partial charge in [0.1, 0.15) is 5.82 Å². The number of benzene rings is 1. The number of amidine groups is 1. The van der Waals surface area contributed by atoms with Crippen LogP contribution >= 0.6 is 11.6 Å². The van der Waals surface area contributed by atoms with Crippen molar-refractivity contribution in [1.29, 1.82) is 0 Å². The summed E-state index contributed by atoms with van der Waals surface area (Å²) in [6, 6.07) is 3.74. The molecule has 0 radical (unpaired) electrons. The van der Waals surface area contributed by atoms with Gasteiger partial charge < -0.3 is 15.8 Å². The Kier molecular flexibility index (Phi) is 5.11. The predicted octanol–water partition coefficient (Wildman–Crippen LogP) is 2.08. The fourth-order valence-electron chi connectivity index (χ4n) is 1.54. The summed E-state index contributed by atoms with van der Waals surface area (Å²) in [7, 11) is 0. The molecule has 0 unspecified atom stereocenters. The van der Waals surface area contributed by atoms with Crippen LogP contribution in [0.3, 0.4) is 0 Å². The summed E-state index contributed by atoms with van der Waals surface area (Å²) in [5.41, 5.74) is 5.16. The maximum absolute atomic E-state index is 13.7. The maximum atomic E-state index is 13.7. The topological polar surface area (TPSA) is 78.9 Å². The molecule has 0 bridgehead atoms. The molecule has 104 valence electrons. The Balaban J connectivity index is 3.13. The Bertz CT molecular complexity index is 485. The molecule has 7 heteroatoms. The summed E-state index contributed by atoms with van der Waals surface area (Å²) in [4.78, 5) is 13.6. The van der Waals surface area contributed by atoms with E-state index < -0.39 is 11.7 Å². The molecule has 0 saturated carbocycles. The molecule has 1 aromatic rings. The van der Waals surface area contributed by atoms with Crippen molar-refractivity contribution >= 4 is 23.3 Å². The van der Waals surface area contributed by atoms with Crippen molar-refractivity contribution in [3.8, 4) is 0 Å². The largest absolute Gasteiger partial charge is 0.409 e. The number of hydrogen-bond acceptors (Lipinski definition) is 3. The number of rotatable bonds is 4. The minimum Gasteiger partial charge on any atom is -0.409 e. The Morgan fingerprint density at radius 1 is 1.58 bits per heavy atom. The highest BCUT2D eigenvalue weighted by Gasteiger charge is 2.24. The van der Waals surface area contributed by atoms with E-state index >= 15 is 0 Å². The molecule has 0 saturated heterocycles. The molecule has 1 amide bonds. The zero-order valence-corrected chi connectivity index (χ0v) is 11.4. The highest BCUT2D eigenvalue weighted by Crippen LogP contribution is 2.21. The first-order valence-electron chi connectivity index (χ1n) is 5.59. The average molecular weight is 288 g/mol. The van der Waals surface area contributed by atoms with Gasteiger partial charge in [0.15, 0.2) is 5.84 Å². The number of oxime groups is 1. The van der Waals surface area contributed by atoms with Gasteiger partial charge in [0.2, 0.25) is 0 Å². The van der Waals surface area contributed by atoms with Gasteiger partial charge in [-0.3, -0.25) is 4.79 Å². The smallest absolute Gasteiger partial charge is 0.258 e. The molecule has 0 heterocycles. The molecule has 0 fully saturated rings. The molecular formula is C12H15ClFN3O2. The Morgan fingerprint density at radius 3 is 2.68 bits per heavy atom. The fraction of sp³-hybridized carbons (Fsp3) is 0.333. The summed E-state index contributed by atoms with van der Waals surface area (Å²) >= 11 is 5.85. The van der Waals surface area contributed by atoms with Gasteiger partial charge in [-0.05, 0) is 26.0 Å². The SMILES string of the molecule is CC(C)N(CC(N)=NO)C(=O)c1c(F)cccc1Cl. The van der Waals surface area contributed by atoms with Crippen molar-refractivity contribution in [2.24, 2.45) is 10.9 Å². The zero-order valence-electron chi connectivity index (χ0n) is 10.6. The van der Waals surface area contributed by atoms with Crippen LogP contribution in [0.2, 0.25) is 5.02 Å². The van der Waals surface area contributed by atoms with Gasteiger partial charge in [0.05, 0.1) is 17.1 Å². The van der Waals surface area contributed by atoms with Crippen LogP contribution in [0, 0.1) is 5.82 Å². The van der Waals surface area contributed by atoms with Crippen LogP contribution in [0.4, 0.5) is 4.39 Å². The Morgan fingerprint density at radius 2 is 2.21 bits per heavy atom. The summed E-state index contributed by atoms with van der Waals surface area (Å²) in [6.45, 7) is 3.35. The second-order valence-electron chi connectivity index (χ2n) is 4.21. The third-order valence-corrected chi connectivity index (χ3v) is 2.84. The maximum Gasteiger partial charge on any atom is 0.258 e. The summed E-state index contributed by atoms with van der Waals surface area (Å²) in [6.07, 6.45) is 0. The molecule has 0 spiro atoms. The van der Waals surface area contributed by atoms with E-state index in [1.54, 1.807) is 13.8 Å². The van der Waals surface area contributed by atoms with Crippen molar-refractivity contribution in [2.75, 3.05) is 6.54 Å². The average Bonchev–Trinajstić information content (AvgIpc) is 2.34. The third-order valence-electron chi connectivity index (χ3n) is 2.52. The van der Waals surface area contributed by atoms with Crippen LogP contribution in [0.25, 0.3) is 0 Å². The first-order valence-corrected chi connectivity index (χ1v) is 5.97. The molecule has 3 N–H and O–H groups in total. The van der Waals surface area contributed by atoms with Crippen molar-refractivity contribution in [3.05, 3.63) is 34.6 Å². The second kappa shape index (κ2) is 6.38. The number of nitrogens with zero attached hydrogens (tertiary/aromatic N) is 2. The number of nitrogens with two attached hydrogens (primary N) is 1. The van der Waals surface area contributed by atoms with Crippen molar-refractivity contribution in [1.82, 2.24) is 4.90 Å². The van der Waals surface area contributed by atoms with Crippen LogP contribution in [0.15, 0.2) is 23.4 Å². The minimum atomic E-state index is -0.706. The van der Waals surface area contributed by atoms with Gasteiger partial charge in [0, 0.05) is 6.04 Å². The Labute approximate surface area is 115 Å². The molecule has 0 aliphatic heterocycles. The van der Waals surface area contributed by atoms with Crippen molar-refractivity contribution in [2.45, 2.75) is 19.9 Å². The molecule has 5 nitrogen and oxygen atoms in total. The third kappa shape index (κ3) is 3.57. The van der Waals surface area contributed by atoms with Gasteiger partial charge in [0.25, 0.3) is 5.91 Å². The van der Waals surface area contributed by atoms with Crippen LogP contribution in [-0.4, -0.2) is 34.4 Å². The van der Waals surface area contributed by atoms with Crippen molar-refractivity contribution in [3.63, 3.8) is 0 Å². The molecular weight excluding hydrogens is 273 g/mol. The first-order chi connectivity index (χ1) is 8.88. The summed E-state index contributed by atoms with van der Waals surface area (Å²) in [5, 5.41) is 11.4. The van der Waals surface area contributed by atoms with E-state index in [-0.39, 0.29) is 29.0 Å². The molecule has 0 aliphatic rings. The molecule has 0 atom stereocenters. The molecule has 0 aromatic heterocycles. The van der Waals surface area contributed by atoms with E-state index in [0.29, 0.717) is 0 Å². The van der Waals surface area contributed by atoms with Crippen LogP contribution in [-0.2, 0) is 0 Å². The fourth-order valence-corrected chi connectivity index (χ4v) is 1.78. The van der Waals surface area contributed by atoms with Gasteiger partial charge in [-0.25, -0.2) is 4.39 Å². The lowest BCUT2D eigenvalue weighted by molar-refractivity contribution is 0.0729. The minimum absolute atomic E-state index is 0.0233. The molecule has 1 rings (SSSR count). The highest BCUT2D eigenvalue weighted by molar-refractivity contribution is 6.33. The van der Waals surface area contributed by atoms with Gasteiger partial charge in [-0.15, -0.1) is 0 Å². The predicted molar refractivity (Wildman–Crippen MR) is 71.0 cm³/mol. The van der Waals surface area contributed by atoms with E-state index in [2.05, 4.69) is 5.16 Å². The lowest BCUT2D eigenvalue weighted by atomic mass is 10.1. The lowest BCUT2D eigenvalue weighted by Crippen LogP contribution is -2.43. The van der Waals surface area contributed by atoms with Gasteiger partial charge >= 0.3 is 0 Å². The first kappa shape index (κ1) is 15.2. The van der Waals surface area contributed by atoms with E-state index in [1.165, 1.54) is 17.0 Å². The second-order valence-corrected chi connectivity index (χ2v) is 4.62. The Hall–Kier alpha value is -1.82. The standard InChI is InChI=1S/C12H15ClFN3O2/c1-7(2)17(6-10(15)16-19)12(18)11-8(13)4-3-5-9(11)14/h3-5,7,19H,6H2,1-2H3,(H2,15,16). The number of carbonyl (C=O) groups is 1. The van der Waals surface area contributed by atoms with Crippen LogP contribution in [0.5, 0.6) is 0 Å². The van der Waals surface area contributed by atoms with Crippen LogP contribution < -0.4 is 5.73 Å². The van der Waals surface area contributed by atoms with E-state index in [4.69, 9.17) is 22.5 Å². The lowest BCUT2D eigenvalue weighted by Gasteiger charge is -2.26. The summed E-state index contributed by atoms with van der Waals surface area (Å²) in [5.74, 6) is -1.46. The molecule has 19 heavy (non-hydrogen) atoms. The van der Waals surface area contributed by atoms with Gasteiger partial charge in [-0.2, -0.15) is 0 Å². The van der Waals surface area contributed by atoms with Crippen molar-refractivity contribution < 1.29 is 14.4 Å². The van der Waals surface area contributed by atoms with Crippen LogP contribution in [0.1, 0.15) is 24.2 Å². The number of carbonyl (C=O) groups excluding carboxylic acids is 1. The monoisotopic (exact) mass is 287 g/mol. The van der Waals surface area contributed by atoms with E-state index in [0.717, 1.165) is 6.07 Å². The summed E-state index contributed by atoms with van der Waals surface area (Å²) < 4.78 is 13.7. The normalized spacial score (nSPS) is 11.7. The highest BCUT2D eigenvalue weighted by atomic mass is 35.5. The zero-order chi connectivity index (χ0) is 14.6. The van der Waals surface area contributed by atoms with E-state index in [1.807, 2.05) is 0 Å². The number of halogens is 2. The van der Waals surface area contributed by atoms with E-state index in [9.17, 15) is 9.18 Å². The molecule has 1 aromatic carbocycles. The number of amides is 1. The quantitative estimate of drug-likeness (QED) is 0.385. The number of hydrogen-bond donors (Lipinski definition) is 2. The van der Waals surface area contributed by atoms with Gasteiger partial charge in [-0.1, -0.05) is 22.8 Å².